The molecular weight excluding hydrogens is 126 g/mol. The number of hydrogen-bond donors (Lipinski definition) is 0. The van der Waals surface area contributed by atoms with Gasteiger partial charge < -0.3 is 4.74 Å². The van der Waals surface area contributed by atoms with Gasteiger partial charge in [-0.25, -0.2) is 0 Å². The van der Waals surface area contributed by atoms with Crippen molar-refractivity contribution >= 4 is 5.90 Å². The summed E-state index contributed by atoms with van der Waals surface area (Å²) in [4.78, 5) is 4.29. The molecule has 10 heavy (non-hydrogen) atoms. The summed E-state index contributed by atoms with van der Waals surface area (Å²) in [5.41, 5.74) is 0. The second-order valence-corrected chi connectivity index (χ2v) is 2.81. The predicted molar refractivity (Wildman–Crippen MR) is 42.3 cm³/mol. The Morgan fingerprint density at radius 3 is 3.00 bits per heavy atom. The van der Waals surface area contributed by atoms with Crippen molar-refractivity contribution < 1.29 is 4.74 Å². The van der Waals surface area contributed by atoms with E-state index < -0.39 is 0 Å². The molecule has 0 fully saturated rings. The van der Waals surface area contributed by atoms with Gasteiger partial charge in [-0.2, -0.15) is 0 Å². The van der Waals surface area contributed by atoms with Crippen LogP contribution in [0.4, 0.5) is 0 Å². The summed E-state index contributed by atoms with van der Waals surface area (Å²) in [6, 6.07) is 0. The zero-order chi connectivity index (χ0) is 7.40. The molecule has 1 atom stereocenters. The smallest absolute Gasteiger partial charge is 0.183 e. The van der Waals surface area contributed by atoms with Gasteiger partial charge >= 0.3 is 0 Å². The van der Waals surface area contributed by atoms with Gasteiger partial charge in [-0.1, -0.05) is 6.92 Å². The molecule has 58 valence electrons. The molecule has 0 spiro atoms. The summed E-state index contributed by atoms with van der Waals surface area (Å²) in [5.74, 6) is 1.71. The Morgan fingerprint density at radius 2 is 2.50 bits per heavy atom. The maximum absolute atomic E-state index is 5.28. The molecule has 2 nitrogen and oxygen atoms in total. The van der Waals surface area contributed by atoms with Gasteiger partial charge in [0.05, 0.1) is 6.61 Å². The number of rotatable bonds is 1. The highest BCUT2D eigenvalue weighted by Gasteiger charge is 2.10. The van der Waals surface area contributed by atoms with Crippen LogP contribution in [0.25, 0.3) is 0 Å². The van der Waals surface area contributed by atoms with Crippen LogP contribution in [0.3, 0.4) is 0 Å². The van der Waals surface area contributed by atoms with Gasteiger partial charge in [-0.3, -0.25) is 4.99 Å². The lowest BCUT2D eigenvalue weighted by Crippen LogP contribution is -2.15. The van der Waals surface area contributed by atoms with E-state index in [9.17, 15) is 0 Å². The monoisotopic (exact) mass is 141 g/mol. The van der Waals surface area contributed by atoms with E-state index in [1.165, 1.54) is 6.42 Å². The molecule has 0 aromatic carbocycles. The summed E-state index contributed by atoms with van der Waals surface area (Å²) < 4.78 is 5.28. The predicted octanol–water partition coefficient (Wildman–Crippen LogP) is 1.85. The van der Waals surface area contributed by atoms with E-state index in [0.29, 0.717) is 0 Å². The molecule has 1 heterocycles. The Labute approximate surface area is 62.3 Å². The Hall–Kier alpha value is -0.530. The first kappa shape index (κ1) is 7.58. The highest BCUT2D eigenvalue weighted by atomic mass is 16.5. The Morgan fingerprint density at radius 1 is 1.70 bits per heavy atom. The molecule has 1 aliphatic heterocycles. The van der Waals surface area contributed by atoms with Gasteiger partial charge in [0.25, 0.3) is 0 Å². The van der Waals surface area contributed by atoms with E-state index in [-0.39, 0.29) is 0 Å². The molecule has 0 bridgehead atoms. The van der Waals surface area contributed by atoms with Crippen LogP contribution < -0.4 is 0 Å². The third-order valence-electron chi connectivity index (χ3n) is 1.74. The first-order chi connectivity index (χ1) is 4.83. The normalized spacial score (nSPS) is 25.8. The van der Waals surface area contributed by atoms with Crippen molar-refractivity contribution in [3.8, 4) is 0 Å². The second-order valence-electron chi connectivity index (χ2n) is 2.81. The fourth-order valence-corrected chi connectivity index (χ4v) is 1.08. The van der Waals surface area contributed by atoms with Crippen molar-refractivity contribution in [3.05, 3.63) is 0 Å². The van der Waals surface area contributed by atoms with E-state index >= 15 is 0 Å². The zero-order valence-electron chi connectivity index (χ0n) is 6.76. The van der Waals surface area contributed by atoms with E-state index in [1.807, 2.05) is 6.92 Å². The molecule has 0 saturated carbocycles. The average Bonchev–Trinajstić information content (AvgIpc) is 1.95. The molecule has 0 aliphatic carbocycles. The van der Waals surface area contributed by atoms with Gasteiger partial charge in [0.2, 0.25) is 0 Å². The fraction of sp³-hybridized carbons (Fsp3) is 0.875. The van der Waals surface area contributed by atoms with Gasteiger partial charge in [-0.05, 0) is 19.3 Å². The summed E-state index contributed by atoms with van der Waals surface area (Å²) in [7, 11) is 0. The molecule has 1 aliphatic rings. The van der Waals surface area contributed by atoms with Crippen LogP contribution in [-0.4, -0.2) is 19.0 Å². The van der Waals surface area contributed by atoms with Gasteiger partial charge in [0, 0.05) is 13.0 Å². The van der Waals surface area contributed by atoms with Crippen molar-refractivity contribution in [2.24, 2.45) is 10.9 Å². The molecule has 0 radical (unpaired) electrons. The average molecular weight is 141 g/mol. The van der Waals surface area contributed by atoms with Gasteiger partial charge in [0.1, 0.15) is 0 Å². The van der Waals surface area contributed by atoms with Crippen LogP contribution >= 0.6 is 0 Å². The first-order valence-corrected chi connectivity index (χ1v) is 3.99. The highest BCUT2D eigenvalue weighted by molar-refractivity contribution is 5.76. The third-order valence-corrected chi connectivity index (χ3v) is 1.74. The van der Waals surface area contributed by atoms with Crippen molar-refractivity contribution in [2.45, 2.75) is 26.7 Å². The van der Waals surface area contributed by atoms with Gasteiger partial charge in [0.15, 0.2) is 5.90 Å². The molecule has 0 saturated heterocycles. The third kappa shape index (κ3) is 2.01. The van der Waals surface area contributed by atoms with Crippen molar-refractivity contribution in [3.63, 3.8) is 0 Å². The summed E-state index contributed by atoms with van der Waals surface area (Å²) in [6.45, 7) is 5.94. The second kappa shape index (κ2) is 3.59. The molecule has 0 aromatic heterocycles. The SMILES string of the molecule is CCOC1=NCC(C)CC1. The molecule has 2 heteroatoms. The summed E-state index contributed by atoms with van der Waals surface area (Å²) in [5, 5.41) is 0. The lowest BCUT2D eigenvalue weighted by Gasteiger charge is -2.16. The molecular formula is C8H15NO. The topological polar surface area (TPSA) is 21.6 Å². The lowest BCUT2D eigenvalue weighted by atomic mass is 10.0. The molecule has 0 aromatic rings. The number of hydrogen-bond acceptors (Lipinski definition) is 2. The Kier molecular flexibility index (Phi) is 2.72. The van der Waals surface area contributed by atoms with E-state index in [0.717, 1.165) is 31.4 Å². The van der Waals surface area contributed by atoms with E-state index in [1.54, 1.807) is 0 Å². The minimum atomic E-state index is 0.754. The van der Waals surface area contributed by atoms with Crippen LogP contribution in [-0.2, 0) is 4.74 Å². The first-order valence-electron chi connectivity index (χ1n) is 3.99. The standard InChI is InChI=1S/C8H15NO/c1-3-10-8-5-4-7(2)6-9-8/h7H,3-6H2,1-2H3. The summed E-state index contributed by atoms with van der Waals surface area (Å²) in [6.07, 6.45) is 2.27. The minimum absolute atomic E-state index is 0.754. The minimum Gasteiger partial charge on any atom is -0.481 e. The zero-order valence-corrected chi connectivity index (χ0v) is 6.76. The maximum atomic E-state index is 5.28. The van der Waals surface area contributed by atoms with Gasteiger partial charge in [-0.15, -0.1) is 0 Å². The number of ether oxygens (including phenoxy) is 1. The molecule has 1 unspecified atom stereocenters. The quantitative estimate of drug-likeness (QED) is 0.546. The maximum Gasteiger partial charge on any atom is 0.183 e. The molecule has 1 rings (SSSR count). The van der Waals surface area contributed by atoms with Crippen LogP contribution in [0.1, 0.15) is 26.7 Å². The Bertz CT molecular complexity index is 131. The fourth-order valence-electron chi connectivity index (χ4n) is 1.08. The van der Waals surface area contributed by atoms with Crippen LogP contribution in [0.15, 0.2) is 4.99 Å². The largest absolute Gasteiger partial charge is 0.481 e. The van der Waals surface area contributed by atoms with Crippen molar-refractivity contribution in [1.82, 2.24) is 0 Å². The molecule has 0 amide bonds. The Balaban J connectivity index is 2.33. The van der Waals surface area contributed by atoms with E-state index in [4.69, 9.17) is 4.74 Å². The number of nitrogens with zero attached hydrogens (tertiary/aromatic N) is 1. The number of aliphatic imine (C=N–C) groups is 1. The van der Waals surface area contributed by atoms with Crippen molar-refractivity contribution in [1.29, 1.82) is 0 Å². The highest BCUT2D eigenvalue weighted by Crippen LogP contribution is 2.13. The van der Waals surface area contributed by atoms with Crippen LogP contribution in [0.2, 0.25) is 0 Å². The molecule has 0 N–H and O–H groups in total. The summed E-state index contributed by atoms with van der Waals surface area (Å²) >= 11 is 0. The van der Waals surface area contributed by atoms with Crippen LogP contribution in [0, 0.1) is 5.92 Å². The lowest BCUT2D eigenvalue weighted by molar-refractivity contribution is 0.302. The van der Waals surface area contributed by atoms with Crippen molar-refractivity contribution in [2.75, 3.05) is 13.2 Å². The van der Waals surface area contributed by atoms with Crippen LogP contribution in [0.5, 0.6) is 0 Å². The van der Waals surface area contributed by atoms with E-state index in [2.05, 4.69) is 11.9 Å².